The highest BCUT2D eigenvalue weighted by molar-refractivity contribution is 5.96. The van der Waals surface area contributed by atoms with Crippen molar-refractivity contribution in [3.63, 3.8) is 0 Å². The van der Waals surface area contributed by atoms with Crippen molar-refractivity contribution in [2.24, 2.45) is 11.5 Å². The molecule has 5 N–H and O–H groups in total. The molecule has 1 aliphatic rings. The molecule has 15 heavy (non-hydrogen) atoms. The third-order valence-electron chi connectivity index (χ3n) is 2.75. The number of carbonyl (C=O) groups is 2. The second-order valence-corrected chi connectivity index (χ2v) is 3.90. The predicted octanol–water partition coefficient (Wildman–Crippen LogP) is -1.01. The normalized spacial score (nSPS) is 20.9. The second kappa shape index (κ2) is 5.09. The largest absolute Gasteiger partial charge is 0.351 e. The van der Waals surface area contributed by atoms with Crippen molar-refractivity contribution in [2.75, 3.05) is 13.1 Å². The summed E-state index contributed by atoms with van der Waals surface area (Å²) in [6, 6.07) is -0.904. The standard InChI is InChI=1S/C9H18N4O2/c1-6(8(14)12-9(11)15)13-4-2-7(10)3-5-13/h6-7H,2-5,10H2,1H3,(H3,11,12,14,15). The van der Waals surface area contributed by atoms with E-state index in [9.17, 15) is 9.59 Å². The minimum atomic E-state index is -0.805. The van der Waals surface area contributed by atoms with Gasteiger partial charge in [-0.1, -0.05) is 0 Å². The molecule has 1 saturated heterocycles. The van der Waals surface area contributed by atoms with Crippen molar-refractivity contribution in [1.82, 2.24) is 10.2 Å². The van der Waals surface area contributed by atoms with Crippen molar-refractivity contribution in [3.05, 3.63) is 0 Å². The average Bonchev–Trinajstić information content (AvgIpc) is 2.17. The number of nitrogens with two attached hydrogens (primary N) is 2. The molecule has 0 saturated carbocycles. The number of hydrogen-bond donors (Lipinski definition) is 3. The third-order valence-corrected chi connectivity index (χ3v) is 2.75. The van der Waals surface area contributed by atoms with E-state index in [1.807, 2.05) is 4.90 Å². The van der Waals surface area contributed by atoms with Crippen molar-refractivity contribution in [1.29, 1.82) is 0 Å². The lowest BCUT2D eigenvalue weighted by atomic mass is 10.0. The Balaban J connectivity index is 2.42. The second-order valence-electron chi connectivity index (χ2n) is 3.90. The summed E-state index contributed by atoms with van der Waals surface area (Å²) in [4.78, 5) is 24.0. The Labute approximate surface area is 89.0 Å². The fraction of sp³-hybridized carbons (Fsp3) is 0.778. The zero-order valence-corrected chi connectivity index (χ0v) is 8.90. The molecule has 3 amide bonds. The van der Waals surface area contributed by atoms with Crippen LogP contribution in [0.15, 0.2) is 0 Å². The fourth-order valence-corrected chi connectivity index (χ4v) is 1.70. The monoisotopic (exact) mass is 214 g/mol. The first-order valence-electron chi connectivity index (χ1n) is 5.10. The maximum Gasteiger partial charge on any atom is 0.318 e. The summed E-state index contributed by atoms with van der Waals surface area (Å²) in [5.74, 6) is -0.349. The Kier molecular flexibility index (Phi) is 4.05. The van der Waals surface area contributed by atoms with Crippen LogP contribution in [0.2, 0.25) is 0 Å². The molecule has 0 bridgehead atoms. The molecule has 6 heteroatoms. The summed E-state index contributed by atoms with van der Waals surface area (Å²) in [7, 11) is 0. The number of rotatable bonds is 2. The lowest BCUT2D eigenvalue weighted by molar-refractivity contribution is -0.125. The topological polar surface area (TPSA) is 101 Å². The van der Waals surface area contributed by atoms with Gasteiger partial charge in [0, 0.05) is 19.1 Å². The van der Waals surface area contributed by atoms with E-state index in [1.165, 1.54) is 0 Å². The van der Waals surface area contributed by atoms with Crippen LogP contribution in [0, 0.1) is 0 Å². The quantitative estimate of drug-likeness (QED) is 0.548. The molecule has 0 aliphatic carbocycles. The van der Waals surface area contributed by atoms with E-state index in [1.54, 1.807) is 6.92 Å². The van der Waals surface area contributed by atoms with Crippen LogP contribution in [-0.4, -0.2) is 42.0 Å². The van der Waals surface area contributed by atoms with Gasteiger partial charge < -0.3 is 11.5 Å². The maximum atomic E-state index is 11.4. The van der Waals surface area contributed by atoms with Gasteiger partial charge in [0.25, 0.3) is 0 Å². The van der Waals surface area contributed by atoms with Crippen molar-refractivity contribution in [3.8, 4) is 0 Å². The first kappa shape index (κ1) is 11.9. The molecule has 6 nitrogen and oxygen atoms in total. The maximum absolute atomic E-state index is 11.4. The van der Waals surface area contributed by atoms with Crippen molar-refractivity contribution >= 4 is 11.9 Å². The molecule has 1 atom stereocenters. The van der Waals surface area contributed by atoms with Crippen LogP contribution in [0.4, 0.5) is 4.79 Å². The highest BCUT2D eigenvalue weighted by Gasteiger charge is 2.25. The number of urea groups is 1. The summed E-state index contributed by atoms with van der Waals surface area (Å²) < 4.78 is 0. The van der Waals surface area contributed by atoms with Crippen molar-refractivity contribution in [2.45, 2.75) is 31.8 Å². The first-order chi connectivity index (χ1) is 7.00. The predicted molar refractivity (Wildman–Crippen MR) is 56.0 cm³/mol. The minimum absolute atomic E-state index is 0.229. The third kappa shape index (κ3) is 3.49. The highest BCUT2D eigenvalue weighted by Crippen LogP contribution is 2.11. The van der Waals surface area contributed by atoms with Gasteiger partial charge in [0.1, 0.15) is 0 Å². The van der Waals surface area contributed by atoms with Crippen LogP contribution in [0.25, 0.3) is 0 Å². The van der Waals surface area contributed by atoms with Gasteiger partial charge in [-0.3, -0.25) is 15.0 Å². The zero-order chi connectivity index (χ0) is 11.4. The molecular weight excluding hydrogens is 196 g/mol. The Bertz CT molecular complexity index is 248. The molecule has 1 rings (SSSR count). The van der Waals surface area contributed by atoms with E-state index in [2.05, 4.69) is 5.32 Å². The first-order valence-corrected chi connectivity index (χ1v) is 5.10. The Morgan fingerprint density at radius 1 is 1.40 bits per heavy atom. The van der Waals surface area contributed by atoms with Crippen molar-refractivity contribution < 1.29 is 9.59 Å². The summed E-state index contributed by atoms with van der Waals surface area (Å²) in [6.45, 7) is 3.33. The fourth-order valence-electron chi connectivity index (χ4n) is 1.70. The van der Waals surface area contributed by atoms with Crippen LogP contribution >= 0.6 is 0 Å². The molecule has 86 valence electrons. The summed E-state index contributed by atoms with van der Waals surface area (Å²) in [6.07, 6.45) is 1.77. The number of primary amides is 1. The van der Waals surface area contributed by atoms with E-state index in [4.69, 9.17) is 11.5 Å². The molecule has 0 aromatic heterocycles. The molecule has 1 aliphatic heterocycles. The van der Waals surface area contributed by atoms with Gasteiger partial charge in [-0.25, -0.2) is 4.79 Å². The SMILES string of the molecule is CC(C(=O)NC(N)=O)N1CCC(N)CC1. The Hall–Kier alpha value is -1.14. The van der Waals surface area contributed by atoms with E-state index in [0.717, 1.165) is 25.9 Å². The van der Waals surface area contributed by atoms with E-state index >= 15 is 0 Å². The van der Waals surface area contributed by atoms with Crippen LogP contribution in [0.5, 0.6) is 0 Å². The lowest BCUT2D eigenvalue weighted by Gasteiger charge is -2.33. The lowest BCUT2D eigenvalue weighted by Crippen LogP contribution is -2.52. The van der Waals surface area contributed by atoms with Gasteiger partial charge in [-0.2, -0.15) is 0 Å². The number of amides is 3. The van der Waals surface area contributed by atoms with Gasteiger partial charge >= 0.3 is 6.03 Å². The summed E-state index contributed by atoms with van der Waals surface area (Å²) >= 11 is 0. The molecule has 0 spiro atoms. The molecule has 0 aromatic rings. The van der Waals surface area contributed by atoms with Crippen LogP contribution in [0.3, 0.4) is 0 Å². The number of nitrogens with zero attached hydrogens (tertiary/aromatic N) is 1. The Morgan fingerprint density at radius 2 is 1.93 bits per heavy atom. The average molecular weight is 214 g/mol. The number of piperidine rings is 1. The van der Waals surface area contributed by atoms with Crippen LogP contribution < -0.4 is 16.8 Å². The summed E-state index contributed by atoms with van der Waals surface area (Å²) in [5.41, 5.74) is 10.6. The van der Waals surface area contributed by atoms with E-state index in [0.29, 0.717) is 0 Å². The minimum Gasteiger partial charge on any atom is -0.351 e. The number of likely N-dealkylation sites (tertiary alicyclic amines) is 1. The molecule has 1 heterocycles. The van der Waals surface area contributed by atoms with Crippen LogP contribution in [0.1, 0.15) is 19.8 Å². The molecule has 0 aromatic carbocycles. The van der Waals surface area contributed by atoms with Gasteiger partial charge in [-0.15, -0.1) is 0 Å². The molecule has 0 radical (unpaired) electrons. The molecular formula is C9H18N4O2. The highest BCUT2D eigenvalue weighted by atomic mass is 16.2. The molecule has 1 fully saturated rings. The number of carbonyl (C=O) groups excluding carboxylic acids is 2. The van der Waals surface area contributed by atoms with E-state index in [-0.39, 0.29) is 18.0 Å². The zero-order valence-electron chi connectivity index (χ0n) is 8.90. The number of imide groups is 1. The molecule has 1 unspecified atom stereocenters. The number of nitrogens with one attached hydrogen (secondary N) is 1. The van der Waals surface area contributed by atoms with Gasteiger partial charge in [0.2, 0.25) is 5.91 Å². The van der Waals surface area contributed by atoms with Gasteiger partial charge in [0.05, 0.1) is 6.04 Å². The van der Waals surface area contributed by atoms with Gasteiger partial charge in [0.15, 0.2) is 0 Å². The Morgan fingerprint density at radius 3 is 2.40 bits per heavy atom. The smallest absolute Gasteiger partial charge is 0.318 e. The van der Waals surface area contributed by atoms with E-state index < -0.39 is 6.03 Å². The van der Waals surface area contributed by atoms with Gasteiger partial charge in [-0.05, 0) is 19.8 Å². The van der Waals surface area contributed by atoms with Crippen LogP contribution in [-0.2, 0) is 4.79 Å². The summed E-state index contributed by atoms with van der Waals surface area (Å²) in [5, 5.41) is 2.08. The number of hydrogen-bond acceptors (Lipinski definition) is 4.